The number of rotatable bonds is 5. The van der Waals surface area contributed by atoms with Crippen LogP contribution in [0.4, 0.5) is 11.9 Å². The molecule has 0 spiro atoms. The van der Waals surface area contributed by atoms with Crippen LogP contribution in [0.5, 0.6) is 6.01 Å². The quantitative estimate of drug-likeness (QED) is 0.617. The number of nitriles is 1. The molecule has 1 aliphatic rings. The average molecular weight is 248 g/mol. The van der Waals surface area contributed by atoms with E-state index in [4.69, 9.17) is 10.00 Å². The lowest BCUT2D eigenvalue weighted by Gasteiger charge is -2.18. The minimum absolute atomic E-state index is 0.0177. The molecule has 0 unspecified atom stereocenters. The minimum Gasteiger partial charge on any atom is -0.467 e. The molecule has 1 aromatic heterocycles. The summed E-state index contributed by atoms with van der Waals surface area (Å²) in [5.74, 6) is 0.766. The van der Waals surface area contributed by atoms with E-state index in [9.17, 15) is 0 Å². The van der Waals surface area contributed by atoms with Crippen LogP contribution in [0.3, 0.4) is 0 Å². The van der Waals surface area contributed by atoms with Gasteiger partial charge in [-0.2, -0.15) is 20.2 Å². The van der Waals surface area contributed by atoms with Gasteiger partial charge in [-0.1, -0.05) is 0 Å². The summed E-state index contributed by atoms with van der Waals surface area (Å²) in [5.41, 5.74) is 0. The molecule has 0 radical (unpaired) electrons. The van der Waals surface area contributed by atoms with E-state index in [0.29, 0.717) is 17.9 Å². The first-order valence-corrected chi connectivity index (χ1v) is 5.89. The third kappa shape index (κ3) is 2.77. The SMILES string of the molecule is COc1nc(NC2CC2)nc(N(C#N)C(C)C)n1. The van der Waals surface area contributed by atoms with Crippen LogP contribution in [0.15, 0.2) is 0 Å². The molecule has 1 aromatic rings. The predicted octanol–water partition coefficient (Wildman–Crippen LogP) is 1.15. The predicted molar refractivity (Wildman–Crippen MR) is 66.3 cm³/mol. The molecule has 18 heavy (non-hydrogen) atoms. The molecule has 1 heterocycles. The molecule has 1 saturated carbocycles. The van der Waals surface area contributed by atoms with E-state index < -0.39 is 0 Å². The molecule has 1 fully saturated rings. The fourth-order valence-corrected chi connectivity index (χ4v) is 1.41. The second-order valence-electron chi connectivity index (χ2n) is 4.43. The van der Waals surface area contributed by atoms with E-state index >= 15 is 0 Å². The van der Waals surface area contributed by atoms with Crippen molar-refractivity contribution in [2.45, 2.75) is 38.8 Å². The first-order chi connectivity index (χ1) is 8.63. The Bertz CT molecular complexity index is 465. The molecule has 0 bridgehead atoms. The summed E-state index contributed by atoms with van der Waals surface area (Å²) in [7, 11) is 1.49. The lowest BCUT2D eigenvalue weighted by Crippen LogP contribution is -2.27. The summed E-state index contributed by atoms with van der Waals surface area (Å²) in [4.78, 5) is 13.9. The largest absolute Gasteiger partial charge is 0.467 e. The number of ether oxygens (including phenoxy) is 1. The molecule has 0 aliphatic heterocycles. The van der Waals surface area contributed by atoms with Gasteiger partial charge >= 0.3 is 6.01 Å². The molecule has 0 saturated heterocycles. The molecule has 2 rings (SSSR count). The van der Waals surface area contributed by atoms with Crippen molar-refractivity contribution in [1.82, 2.24) is 15.0 Å². The molecule has 7 heteroatoms. The standard InChI is InChI=1S/C11H16N6O/c1-7(2)17(6-12)10-14-9(13-8-4-5-8)15-11(16-10)18-3/h7-8H,4-5H2,1-3H3,(H,13,14,15,16). The zero-order valence-electron chi connectivity index (χ0n) is 10.7. The molecule has 7 nitrogen and oxygen atoms in total. The Morgan fingerprint density at radius 3 is 2.61 bits per heavy atom. The van der Waals surface area contributed by atoms with Crippen molar-refractivity contribution in [3.05, 3.63) is 0 Å². The van der Waals surface area contributed by atoms with Gasteiger partial charge in [0.15, 0.2) is 6.19 Å². The Morgan fingerprint density at radius 1 is 1.39 bits per heavy atom. The van der Waals surface area contributed by atoms with Crippen molar-refractivity contribution in [2.24, 2.45) is 0 Å². The fraction of sp³-hybridized carbons (Fsp3) is 0.636. The molecule has 1 aliphatic carbocycles. The van der Waals surface area contributed by atoms with Gasteiger partial charge < -0.3 is 10.1 Å². The molecule has 0 amide bonds. The van der Waals surface area contributed by atoms with Crippen molar-refractivity contribution >= 4 is 11.9 Å². The highest BCUT2D eigenvalue weighted by atomic mass is 16.5. The third-order valence-corrected chi connectivity index (χ3v) is 2.54. The van der Waals surface area contributed by atoms with E-state index in [0.717, 1.165) is 12.8 Å². The fourth-order valence-electron chi connectivity index (χ4n) is 1.41. The molecular weight excluding hydrogens is 232 g/mol. The number of hydrogen-bond acceptors (Lipinski definition) is 7. The van der Waals surface area contributed by atoms with Crippen molar-refractivity contribution in [3.8, 4) is 12.2 Å². The van der Waals surface area contributed by atoms with Gasteiger partial charge in [0.1, 0.15) is 0 Å². The zero-order chi connectivity index (χ0) is 13.1. The highest BCUT2D eigenvalue weighted by Crippen LogP contribution is 2.24. The first kappa shape index (κ1) is 12.4. The highest BCUT2D eigenvalue weighted by Gasteiger charge is 2.24. The molecule has 0 aromatic carbocycles. The average Bonchev–Trinajstić information content (AvgIpc) is 3.13. The normalized spacial score (nSPS) is 14.2. The van der Waals surface area contributed by atoms with Crippen LogP contribution in [0.2, 0.25) is 0 Å². The maximum Gasteiger partial charge on any atom is 0.322 e. The summed E-state index contributed by atoms with van der Waals surface area (Å²) in [6, 6.07) is 0.625. The number of hydrogen-bond donors (Lipinski definition) is 1. The van der Waals surface area contributed by atoms with Crippen molar-refractivity contribution < 1.29 is 4.74 Å². The van der Waals surface area contributed by atoms with Crippen LogP contribution >= 0.6 is 0 Å². The Hall–Kier alpha value is -2.10. The summed E-state index contributed by atoms with van der Waals surface area (Å²) < 4.78 is 5.03. The van der Waals surface area contributed by atoms with Crippen LogP contribution in [-0.2, 0) is 0 Å². The van der Waals surface area contributed by atoms with Crippen LogP contribution < -0.4 is 15.0 Å². The number of nitrogens with one attached hydrogen (secondary N) is 1. The minimum atomic E-state index is -0.0177. The smallest absolute Gasteiger partial charge is 0.322 e. The number of anilines is 2. The summed E-state index contributed by atoms with van der Waals surface area (Å²) in [5, 5.41) is 12.3. The van der Waals surface area contributed by atoms with Gasteiger partial charge in [-0.3, -0.25) is 0 Å². The van der Waals surface area contributed by atoms with E-state index in [1.807, 2.05) is 13.8 Å². The van der Waals surface area contributed by atoms with Crippen LogP contribution in [-0.4, -0.2) is 34.1 Å². The zero-order valence-corrected chi connectivity index (χ0v) is 10.7. The van der Waals surface area contributed by atoms with Gasteiger partial charge in [-0.15, -0.1) is 0 Å². The van der Waals surface area contributed by atoms with Crippen molar-refractivity contribution in [1.29, 1.82) is 5.26 Å². The third-order valence-electron chi connectivity index (χ3n) is 2.54. The lowest BCUT2D eigenvalue weighted by atomic mass is 10.4. The van der Waals surface area contributed by atoms with Crippen LogP contribution in [0.1, 0.15) is 26.7 Å². The van der Waals surface area contributed by atoms with Gasteiger partial charge in [0.2, 0.25) is 11.9 Å². The van der Waals surface area contributed by atoms with E-state index in [-0.39, 0.29) is 12.1 Å². The molecule has 0 atom stereocenters. The van der Waals surface area contributed by atoms with E-state index in [1.54, 1.807) is 0 Å². The second-order valence-corrected chi connectivity index (χ2v) is 4.43. The number of aromatic nitrogens is 3. The monoisotopic (exact) mass is 248 g/mol. The number of methoxy groups -OCH3 is 1. The van der Waals surface area contributed by atoms with Gasteiger partial charge in [-0.05, 0) is 26.7 Å². The maximum absolute atomic E-state index is 9.11. The van der Waals surface area contributed by atoms with Gasteiger partial charge in [-0.25, -0.2) is 4.90 Å². The number of nitrogens with zero attached hydrogens (tertiary/aromatic N) is 5. The van der Waals surface area contributed by atoms with Crippen LogP contribution in [0.25, 0.3) is 0 Å². The molecular formula is C11H16N6O. The Balaban J connectivity index is 2.30. The summed E-state index contributed by atoms with van der Waals surface area (Å²) in [6.07, 6.45) is 4.30. The van der Waals surface area contributed by atoms with Gasteiger partial charge in [0.25, 0.3) is 0 Å². The highest BCUT2D eigenvalue weighted by molar-refractivity contribution is 5.43. The van der Waals surface area contributed by atoms with Crippen molar-refractivity contribution in [3.63, 3.8) is 0 Å². The summed E-state index contributed by atoms with van der Waals surface area (Å²) >= 11 is 0. The summed E-state index contributed by atoms with van der Waals surface area (Å²) in [6.45, 7) is 3.79. The van der Waals surface area contributed by atoms with E-state index in [2.05, 4.69) is 26.5 Å². The first-order valence-electron chi connectivity index (χ1n) is 5.89. The Kier molecular flexibility index (Phi) is 3.46. The Labute approximate surface area is 106 Å². The van der Waals surface area contributed by atoms with Gasteiger partial charge in [0, 0.05) is 12.1 Å². The second kappa shape index (κ2) is 5.04. The topological polar surface area (TPSA) is 87.0 Å². The lowest BCUT2D eigenvalue weighted by molar-refractivity contribution is 0.379. The maximum atomic E-state index is 9.11. The van der Waals surface area contributed by atoms with Gasteiger partial charge in [0.05, 0.1) is 7.11 Å². The molecule has 1 N–H and O–H groups in total. The van der Waals surface area contributed by atoms with Crippen LogP contribution in [0, 0.1) is 11.5 Å². The van der Waals surface area contributed by atoms with Crippen molar-refractivity contribution in [2.75, 3.05) is 17.3 Å². The van der Waals surface area contributed by atoms with E-state index in [1.165, 1.54) is 12.0 Å². The molecule has 96 valence electrons. The Morgan fingerprint density at radius 2 is 2.11 bits per heavy atom.